The maximum atomic E-state index is 2.32. The van der Waals surface area contributed by atoms with Gasteiger partial charge in [0, 0.05) is 0 Å². The highest BCUT2D eigenvalue weighted by molar-refractivity contribution is 5.27. The molecule has 2 aromatic rings. The Balaban J connectivity index is 2.17. The van der Waals surface area contributed by atoms with Gasteiger partial charge in [-0.3, -0.25) is 0 Å². The molecule has 1 atom stereocenters. The number of hydrogen-bond acceptors (Lipinski definition) is 0. The molecule has 0 N–H and O–H groups in total. The first-order valence-electron chi connectivity index (χ1n) is 6.40. The van der Waals surface area contributed by atoms with Crippen molar-refractivity contribution in [1.82, 2.24) is 0 Å². The minimum absolute atomic E-state index is 0.636. The van der Waals surface area contributed by atoms with E-state index < -0.39 is 0 Å². The van der Waals surface area contributed by atoms with E-state index in [0.717, 1.165) is 6.42 Å². The molecular weight excluding hydrogens is 204 g/mol. The smallest absolute Gasteiger partial charge is 0.0124 e. The van der Waals surface area contributed by atoms with Crippen molar-refractivity contribution in [2.45, 2.75) is 32.6 Å². The molecule has 0 heteroatoms. The quantitative estimate of drug-likeness (QED) is 0.704. The summed E-state index contributed by atoms with van der Waals surface area (Å²) in [7, 11) is 0. The Hall–Kier alpha value is -1.56. The molecule has 0 aliphatic carbocycles. The first kappa shape index (κ1) is 11.9. The monoisotopic (exact) mass is 224 g/mol. The van der Waals surface area contributed by atoms with Crippen LogP contribution < -0.4 is 0 Å². The average Bonchev–Trinajstić information content (AvgIpc) is 2.37. The van der Waals surface area contributed by atoms with Gasteiger partial charge in [0.05, 0.1) is 0 Å². The molecule has 0 saturated heterocycles. The summed E-state index contributed by atoms with van der Waals surface area (Å²) < 4.78 is 0. The van der Waals surface area contributed by atoms with Gasteiger partial charge < -0.3 is 0 Å². The minimum Gasteiger partial charge on any atom is -0.0648 e. The van der Waals surface area contributed by atoms with Crippen molar-refractivity contribution in [3.63, 3.8) is 0 Å². The largest absolute Gasteiger partial charge is 0.0648 e. The molecule has 0 aliphatic rings. The van der Waals surface area contributed by atoms with Gasteiger partial charge in [0.1, 0.15) is 0 Å². The van der Waals surface area contributed by atoms with Gasteiger partial charge in [-0.05, 0) is 36.8 Å². The van der Waals surface area contributed by atoms with E-state index in [4.69, 9.17) is 0 Å². The third-order valence-corrected chi connectivity index (χ3v) is 3.33. The zero-order valence-electron chi connectivity index (χ0n) is 10.7. The summed E-state index contributed by atoms with van der Waals surface area (Å²) in [5, 5.41) is 0. The highest BCUT2D eigenvalue weighted by Crippen LogP contribution is 2.24. The molecule has 2 rings (SSSR count). The van der Waals surface area contributed by atoms with E-state index in [1.165, 1.54) is 23.1 Å². The number of hydrogen-bond donors (Lipinski definition) is 0. The van der Waals surface area contributed by atoms with Crippen molar-refractivity contribution < 1.29 is 0 Å². The zero-order chi connectivity index (χ0) is 12.1. The lowest BCUT2D eigenvalue weighted by Gasteiger charge is -2.16. The Morgan fingerprint density at radius 1 is 0.941 bits per heavy atom. The molecule has 17 heavy (non-hydrogen) atoms. The second-order valence-corrected chi connectivity index (χ2v) is 4.71. The number of benzene rings is 2. The summed E-state index contributed by atoms with van der Waals surface area (Å²) in [5.41, 5.74) is 4.26. The Morgan fingerprint density at radius 2 is 1.71 bits per heavy atom. The molecule has 0 heterocycles. The van der Waals surface area contributed by atoms with Crippen LogP contribution in [0.5, 0.6) is 0 Å². The molecule has 0 saturated carbocycles. The van der Waals surface area contributed by atoms with E-state index in [1.807, 2.05) is 0 Å². The fourth-order valence-electron chi connectivity index (χ4n) is 2.32. The minimum atomic E-state index is 0.636. The van der Waals surface area contributed by atoms with Crippen LogP contribution in [0.15, 0.2) is 54.6 Å². The lowest BCUT2D eigenvalue weighted by molar-refractivity contribution is 0.660. The Bertz CT molecular complexity index is 456. The van der Waals surface area contributed by atoms with Crippen LogP contribution in [0.25, 0.3) is 0 Å². The van der Waals surface area contributed by atoms with Crippen molar-refractivity contribution in [3.05, 3.63) is 71.3 Å². The van der Waals surface area contributed by atoms with Gasteiger partial charge in [-0.25, -0.2) is 0 Å². The third kappa shape index (κ3) is 3.20. The lowest BCUT2D eigenvalue weighted by atomic mass is 9.89. The maximum absolute atomic E-state index is 2.32. The Kier molecular flexibility index (Phi) is 3.98. The van der Waals surface area contributed by atoms with Crippen molar-refractivity contribution >= 4 is 0 Å². The summed E-state index contributed by atoms with van der Waals surface area (Å²) in [4.78, 5) is 0. The topological polar surface area (TPSA) is 0 Å². The van der Waals surface area contributed by atoms with Crippen molar-refractivity contribution in [1.29, 1.82) is 0 Å². The van der Waals surface area contributed by atoms with Crippen molar-refractivity contribution in [2.75, 3.05) is 0 Å². The van der Waals surface area contributed by atoms with Crippen LogP contribution in [-0.2, 0) is 6.42 Å². The van der Waals surface area contributed by atoms with Gasteiger partial charge in [0.2, 0.25) is 0 Å². The molecule has 0 bridgehead atoms. The second-order valence-electron chi connectivity index (χ2n) is 4.71. The molecule has 0 amide bonds. The average molecular weight is 224 g/mol. The molecule has 0 aromatic heterocycles. The molecule has 1 unspecified atom stereocenters. The van der Waals surface area contributed by atoms with E-state index >= 15 is 0 Å². The van der Waals surface area contributed by atoms with Crippen LogP contribution in [0, 0.1) is 6.92 Å². The summed E-state index contributed by atoms with van der Waals surface area (Å²) in [5.74, 6) is 0.636. The molecule has 0 nitrogen and oxygen atoms in total. The number of rotatable bonds is 4. The fraction of sp³-hybridized carbons (Fsp3) is 0.294. The normalized spacial score (nSPS) is 12.4. The van der Waals surface area contributed by atoms with Crippen LogP contribution in [0.4, 0.5) is 0 Å². The molecular formula is C17H20. The molecule has 0 spiro atoms. The first-order valence-corrected chi connectivity index (χ1v) is 6.40. The van der Waals surface area contributed by atoms with Crippen LogP contribution >= 0.6 is 0 Å². The van der Waals surface area contributed by atoms with E-state index in [-0.39, 0.29) is 0 Å². The molecule has 0 aliphatic heterocycles. The van der Waals surface area contributed by atoms with E-state index in [0.29, 0.717) is 5.92 Å². The lowest BCUT2D eigenvalue weighted by Crippen LogP contribution is -2.02. The van der Waals surface area contributed by atoms with Gasteiger partial charge in [-0.1, -0.05) is 67.1 Å². The van der Waals surface area contributed by atoms with Crippen molar-refractivity contribution in [3.8, 4) is 0 Å². The van der Waals surface area contributed by atoms with Gasteiger partial charge in [-0.2, -0.15) is 0 Å². The van der Waals surface area contributed by atoms with Crippen LogP contribution in [0.2, 0.25) is 0 Å². The van der Waals surface area contributed by atoms with Crippen LogP contribution in [0.3, 0.4) is 0 Å². The highest BCUT2D eigenvalue weighted by atomic mass is 14.1. The zero-order valence-corrected chi connectivity index (χ0v) is 10.7. The summed E-state index contributed by atoms with van der Waals surface area (Å²) in [6.07, 6.45) is 2.33. The standard InChI is InChI=1S/C17H20/c1-3-16(13-15-9-5-4-6-10-15)17-11-7-8-14(2)12-17/h4-12,16H,3,13H2,1-2H3. The predicted octanol–water partition coefficient (Wildman–Crippen LogP) is 4.73. The predicted molar refractivity (Wildman–Crippen MR) is 74.4 cm³/mol. The van der Waals surface area contributed by atoms with Gasteiger partial charge in [-0.15, -0.1) is 0 Å². The maximum Gasteiger partial charge on any atom is -0.0124 e. The summed E-state index contributed by atoms with van der Waals surface area (Å²) in [6.45, 7) is 4.44. The van der Waals surface area contributed by atoms with Gasteiger partial charge >= 0.3 is 0 Å². The molecule has 0 fully saturated rings. The Labute approximate surface area is 104 Å². The van der Waals surface area contributed by atoms with Crippen molar-refractivity contribution in [2.24, 2.45) is 0 Å². The van der Waals surface area contributed by atoms with E-state index in [1.54, 1.807) is 0 Å². The van der Waals surface area contributed by atoms with Crippen LogP contribution in [-0.4, -0.2) is 0 Å². The molecule has 88 valence electrons. The SMILES string of the molecule is CCC(Cc1ccccc1)c1cccc(C)c1. The Morgan fingerprint density at radius 3 is 2.35 bits per heavy atom. The summed E-state index contributed by atoms with van der Waals surface area (Å²) >= 11 is 0. The van der Waals surface area contributed by atoms with Crippen LogP contribution in [0.1, 0.15) is 36.0 Å². The number of aryl methyl sites for hydroxylation is 1. The van der Waals surface area contributed by atoms with E-state index in [9.17, 15) is 0 Å². The summed E-state index contributed by atoms with van der Waals surface area (Å²) in [6, 6.07) is 19.7. The fourth-order valence-corrected chi connectivity index (χ4v) is 2.32. The van der Waals surface area contributed by atoms with Gasteiger partial charge in [0.25, 0.3) is 0 Å². The third-order valence-electron chi connectivity index (χ3n) is 3.33. The second kappa shape index (κ2) is 5.67. The molecule has 2 aromatic carbocycles. The van der Waals surface area contributed by atoms with E-state index in [2.05, 4.69) is 68.4 Å². The molecule has 0 radical (unpaired) electrons. The highest BCUT2D eigenvalue weighted by Gasteiger charge is 2.09. The first-order chi connectivity index (χ1) is 8.29. The van der Waals surface area contributed by atoms with Gasteiger partial charge in [0.15, 0.2) is 0 Å².